The molecule has 4 bridgehead atoms. The van der Waals surface area contributed by atoms with Crippen LogP contribution in [0.15, 0.2) is 0 Å². The van der Waals surface area contributed by atoms with E-state index in [0.29, 0.717) is 30.6 Å². The van der Waals surface area contributed by atoms with E-state index in [-0.39, 0.29) is 0 Å². The van der Waals surface area contributed by atoms with Gasteiger partial charge in [0, 0.05) is 0 Å². The Balaban J connectivity index is 1.97. The normalized spacial score (nSPS) is 62.5. The highest BCUT2D eigenvalue weighted by Gasteiger charge is 2.57. The summed E-state index contributed by atoms with van der Waals surface area (Å²) in [7, 11) is 0. The molecule has 0 spiro atoms. The van der Waals surface area contributed by atoms with E-state index >= 15 is 0 Å². The second-order valence-corrected chi connectivity index (χ2v) is 5.09. The summed E-state index contributed by atoms with van der Waals surface area (Å²) >= 11 is 0. The Bertz CT molecular complexity index is 202. The minimum atomic E-state index is -1.19. The first-order chi connectivity index (χ1) is 5.67. The van der Waals surface area contributed by atoms with E-state index in [2.05, 4.69) is 0 Å². The molecule has 4 fully saturated rings. The third-order valence-corrected chi connectivity index (χ3v) is 4.17. The van der Waals surface area contributed by atoms with Crippen LogP contribution < -0.4 is 0 Å². The van der Waals surface area contributed by atoms with E-state index in [1.165, 1.54) is 6.42 Å². The maximum atomic E-state index is 14.0. The predicted octanol–water partition coefficient (Wildman–Crippen LogP) is 1.90. The molecule has 0 radical (unpaired) electrons. The summed E-state index contributed by atoms with van der Waals surface area (Å²) in [6, 6.07) is 0. The van der Waals surface area contributed by atoms with Crippen molar-refractivity contribution >= 4 is 0 Å². The van der Waals surface area contributed by atoms with Crippen molar-refractivity contribution in [1.82, 2.24) is 0 Å². The Kier molecular flexibility index (Phi) is 1.24. The average Bonchev–Trinajstić information content (AvgIpc) is 1.98. The van der Waals surface area contributed by atoms with E-state index < -0.39 is 11.8 Å². The second-order valence-electron chi connectivity index (χ2n) is 5.09. The zero-order valence-corrected chi connectivity index (χ0v) is 7.17. The first kappa shape index (κ1) is 7.31. The molecule has 0 aromatic rings. The summed E-state index contributed by atoms with van der Waals surface area (Å²) in [5, 5.41) is 9.71. The summed E-state index contributed by atoms with van der Waals surface area (Å²) in [4.78, 5) is 0. The van der Waals surface area contributed by atoms with Crippen LogP contribution in [-0.4, -0.2) is 16.9 Å². The maximum absolute atomic E-state index is 14.0. The first-order valence-corrected chi connectivity index (χ1v) is 5.04. The summed E-state index contributed by atoms with van der Waals surface area (Å²) in [5.41, 5.74) is -1.19. The Morgan fingerprint density at radius 1 is 1.08 bits per heavy atom. The number of aliphatic hydroxyl groups is 1. The van der Waals surface area contributed by atoms with Gasteiger partial charge in [-0.2, -0.15) is 0 Å². The molecule has 68 valence electrons. The van der Waals surface area contributed by atoms with Crippen LogP contribution in [0.5, 0.6) is 0 Å². The van der Waals surface area contributed by atoms with E-state index in [1.807, 2.05) is 0 Å². The highest BCUT2D eigenvalue weighted by molar-refractivity contribution is 5.07. The fourth-order valence-electron chi connectivity index (χ4n) is 3.91. The molecule has 0 heterocycles. The molecule has 4 saturated carbocycles. The zero-order chi connectivity index (χ0) is 8.34. The molecule has 2 heteroatoms. The number of rotatable bonds is 0. The molecule has 3 unspecified atom stereocenters. The fourth-order valence-corrected chi connectivity index (χ4v) is 3.91. The molecule has 4 aliphatic carbocycles. The largest absolute Gasteiger partial charge is 0.390 e. The molecule has 0 amide bonds. The summed E-state index contributed by atoms with van der Waals surface area (Å²) in [6.45, 7) is 0. The van der Waals surface area contributed by atoms with Crippen molar-refractivity contribution in [2.45, 2.75) is 43.9 Å². The zero-order valence-electron chi connectivity index (χ0n) is 7.17. The van der Waals surface area contributed by atoms with Gasteiger partial charge < -0.3 is 5.11 Å². The van der Waals surface area contributed by atoms with Crippen LogP contribution in [0.3, 0.4) is 0 Å². The topological polar surface area (TPSA) is 20.2 Å². The van der Waals surface area contributed by atoms with Gasteiger partial charge in [-0.3, -0.25) is 0 Å². The van der Waals surface area contributed by atoms with Crippen molar-refractivity contribution in [3.63, 3.8) is 0 Å². The van der Waals surface area contributed by atoms with Gasteiger partial charge in [0.05, 0.1) is 6.10 Å². The van der Waals surface area contributed by atoms with Crippen molar-refractivity contribution < 1.29 is 9.50 Å². The van der Waals surface area contributed by atoms with Gasteiger partial charge in [0.15, 0.2) is 0 Å². The van der Waals surface area contributed by atoms with Gasteiger partial charge in [0.2, 0.25) is 0 Å². The first-order valence-electron chi connectivity index (χ1n) is 5.04. The Labute approximate surface area is 72.0 Å². The number of alkyl halides is 1. The number of aliphatic hydroxyl groups excluding tert-OH is 1. The maximum Gasteiger partial charge on any atom is 0.137 e. The lowest BCUT2D eigenvalue weighted by Crippen LogP contribution is -2.57. The Morgan fingerprint density at radius 2 is 1.67 bits per heavy atom. The third kappa shape index (κ3) is 0.769. The molecule has 1 N–H and O–H groups in total. The predicted molar refractivity (Wildman–Crippen MR) is 43.4 cm³/mol. The highest BCUT2D eigenvalue weighted by atomic mass is 19.1. The van der Waals surface area contributed by atoms with Crippen molar-refractivity contribution in [3.05, 3.63) is 0 Å². The van der Waals surface area contributed by atoms with Gasteiger partial charge in [-0.05, 0) is 49.9 Å². The SMILES string of the molecule is OC1C2CC3CC(C2)CC1(F)C3. The average molecular weight is 170 g/mol. The van der Waals surface area contributed by atoms with Gasteiger partial charge in [-0.1, -0.05) is 0 Å². The minimum Gasteiger partial charge on any atom is -0.390 e. The van der Waals surface area contributed by atoms with Crippen molar-refractivity contribution in [2.75, 3.05) is 0 Å². The van der Waals surface area contributed by atoms with Gasteiger partial charge in [0.25, 0.3) is 0 Å². The molecule has 0 aliphatic heterocycles. The van der Waals surface area contributed by atoms with Crippen LogP contribution in [0.4, 0.5) is 4.39 Å². The van der Waals surface area contributed by atoms with Gasteiger partial charge in [0.1, 0.15) is 5.67 Å². The number of hydrogen-bond acceptors (Lipinski definition) is 1. The van der Waals surface area contributed by atoms with Crippen molar-refractivity contribution in [2.24, 2.45) is 17.8 Å². The molecule has 4 aliphatic rings. The summed E-state index contributed by atoms with van der Waals surface area (Å²) in [6.07, 6.45) is 4.05. The highest BCUT2D eigenvalue weighted by Crippen LogP contribution is 2.57. The van der Waals surface area contributed by atoms with Crippen LogP contribution >= 0.6 is 0 Å². The van der Waals surface area contributed by atoms with Crippen LogP contribution in [0.1, 0.15) is 32.1 Å². The smallest absolute Gasteiger partial charge is 0.137 e. The molecule has 0 aromatic carbocycles. The second kappa shape index (κ2) is 2.03. The van der Waals surface area contributed by atoms with Gasteiger partial charge in [-0.25, -0.2) is 4.39 Å². The van der Waals surface area contributed by atoms with E-state index in [4.69, 9.17) is 0 Å². The molecule has 0 aromatic heterocycles. The quantitative estimate of drug-likeness (QED) is 0.588. The standard InChI is InChI=1S/C10H15FO/c11-10-4-6-1-7(5-10)3-8(2-6)9(10)12/h6-9,12H,1-5H2. The minimum absolute atomic E-state index is 0.293. The van der Waals surface area contributed by atoms with Crippen LogP contribution in [0.25, 0.3) is 0 Å². The molecule has 3 atom stereocenters. The van der Waals surface area contributed by atoms with Crippen LogP contribution in [0, 0.1) is 17.8 Å². The molecular formula is C10H15FO. The molecular weight excluding hydrogens is 155 g/mol. The van der Waals surface area contributed by atoms with Gasteiger partial charge >= 0.3 is 0 Å². The fraction of sp³-hybridized carbons (Fsp3) is 1.00. The number of hydrogen-bond donors (Lipinski definition) is 1. The van der Waals surface area contributed by atoms with Crippen LogP contribution in [0.2, 0.25) is 0 Å². The Morgan fingerprint density at radius 3 is 2.17 bits per heavy atom. The lowest BCUT2D eigenvalue weighted by Gasteiger charge is -2.55. The summed E-state index contributed by atoms with van der Waals surface area (Å²) < 4.78 is 14.0. The molecule has 0 saturated heterocycles. The van der Waals surface area contributed by atoms with E-state index in [9.17, 15) is 9.50 Å². The lowest BCUT2D eigenvalue weighted by molar-refractivity contribution is -0.165. The Hall–Kier alpha value is -0.110. The molecule has 4 rings (SSSR count). The van der Waals surface area contributed by atoms with Crippen LogP contribution in [-0.2, 0) is 0 Å². The van der Waals surface area contributed by atoms with Gasteiger partial charge in [-0.15, -0.1) is 0 Å². The van der Waals surface area contributed by atoms with E-state index in [0.717, 1.165) is 12.8 Å². The van der Waals surface area contributed by atoms with Crippen molar-refractivity contribution in [3.8, 4) is 0 Å². The third-order valence-electron chi connectivity index (χ3n) is 4.17. The molecule has 12 heavy (non-hydrogen) atoms. The van der Waals surface area contributed by atoms with Crippen molar-refractivity contribution in [1.29, 1.82) is 0 Å². The van der Waals surface area contributed by atoms with E-state index in [1.54, 1.807) is 0 Å². The summed E-state index contributed by atoms with van der Waals surface area (Å²) in [5.74, 6) is 1.48. The number of halogens is 1. The monoisotopic (exact) mass is 170 g/mol. The molecule has 1 nitrogen and oxygen atoms in total. The lowest BCUT2D eigenvalue weighted by atomic mass is 9.53.